The standard InChI is InChI=1S/C79H132N16O25/c1-21-26-48-60(100)88-51(32-38-82-71(111)117-76(9,10)11)62(102)91-54(35-41-85-74(114)120-79(18,19)20)66(106)94-58(45(4)96)68(108)80-36-30-50(61(101)90-52(33-39-83-72(112)118-77(12,13)14)64(104)93-55(67(107)87-48)43-47-28-24-23-25-29-47)89-63(103)53(34-40-84-73(113)119-78(15,16)17)92-69(109)59(46(5)97)95-65(105)49(31-37-81-70(110)116-75(6,7)8)86-56(98)42-44(3)115-57(99)27-22-2/h23-25,28-29,44-46,48-55,58-59,96-97H,21-22,26-27,30-43H2,1-20H3,(H,80,108)(H,81,110)(H,82,111)(H,83,112)(H,84,113)(H,85,114)(H,86,98)(H,87,107)(H,88,100)(H,89,103)(H,90,101)(H,91,102)(H,92,109)(H,93,104)(H,94,106)(H,95,105)/t44?,45?,46?,48-,49-,50-,51-,52-,53-,54-,55+,58-,59-/m0/s1. The van der Waals surface area contributed by atoms with Gasteiger partial charge in [-0.3, -0.25) is 57.5 Å². The number of esters is 1. The van der Waals surface area contributed by atoms with Crippen LogP contribution in [0.4, 0.5) is 24.0 Å². The van der Waals surface area contributed by atoms with Crippen molar-refractivity contribution in [1.82, 2.24) is 85.1 Å². The summed E-state index contributed by atoms with van der Waals surface area (Å²) in [5.74, 6) is -12.9. The zero-order valence-corrected chi connectivity index (χ0v) is 72.9. The number of amides is 16. The largest absolute Gasteiger partial charge is 0.462 e. The van der Waals surface area contributed by atoms with E-state index in [1.165, 1.54) is 6.92 Å². The fourth-order valence-electron chi connectivity index (χ4n) is 11.1. The number of benzene rings is 1. The van der Waals surface area contributed by atoms with E-state index in [4.69, 9.17) is 28.4 Å². The van der Waals surface area contributed by atoms with Crippen LogP contribution in [0.15, 0.2) is 30.3 Å². The molecule has 1 heterocycles. The third-order valence-electron chi connectivity index (χ3n) is 16.6. The van der Waals surface area contributed by atoms with Crippen molar-refractivity contribution in [2.75, 3.05) is 39.3 Å². The Morgan fingerprint density at radius 1 is 0.442 bits per heavy atom. The maximum atomic E-state index is 15.4. The van der Waals surface area contributed by atoms with Gasteiger partial charge in [0.25, 0.3) is 0 Å². The fourth-order valence-corrected chi connectivity index (χ4v) is 11.1. The molecule has 0 radical (unpaired) electrons. The minimum atomic E-state index is -2.02. The first-order valence-corrected chi connectivity index (χ1v) is 40.3. The molecule has 1 aromatic rings. The van der Waals surface area contributed by atoms with Gasteiger partial charge in [-0.1, -0.05) is 50.6 Å². The van der Waals surface area contributed by atoms with Crippen molar-refractivity contribution in [2.24, 2.45) is 0 Å². The van der Waals surface area contributed by atoms with Gasteiger partial charge in [0, 0.05) is 52.1 Å². The molecule has 16 amide bonds. The summed E-state index contributed by atoms with van der Waals surface area (Å²) in [5.41, 5.74) is -4.58. The Morgan fingerprint density at radius 3 is 1.21 bits per heavy atom. The van der Waals surface area contributed by atoms with Crippen LogP contribution >= 0.6 is 0 Å². The normalized spacial score (nSPS) is 19.9. The number of carbonyl (C=O) groups excluding carboxylic acids is 17. The second-order valence-electron chi connectivity index (χ2n) is 33.9. The second-order valence-corrected chi connectivity index (χ2v) is 33.9. The molecule has 120 heavy (non-hydrogen) atoms. The van der Waals surface area contributed by atoms with Gasteiger partial charge in [0.05, 0.1) is 18.6 Å². The Labute approximate surface area is 701 Å². The maximum Gasteiger partial charge on any atom is 0.407 e. The van der Waals surface area contributed by atoms with E-state index >= 15 is 19.2 Å². The summed E-state index contributed by atoms with van der Waals surface area (Å²) >= 11 is 0. The summed E-state index contributed by atoms with van der Waals surface area (Å²) < 4.78 is 32.2. The summed E-state index contributed by atoms with van der Waals surface area (Å²) in [6.45, 7) is 28.1. The first-order valence-electron chi connectivity index (χ1n) is 40.3. The number of alkyl carbamates (subject to hydrolysis) is 5. The predicted octanol–water partition coefficient (Wildman–Crippen LogP) is 0.855. The molecule has 18 N–H and O–H groups in total. The van der Waals surface area contributed by atoms with Gasteiger partial charge in [-0.25, -0.2) is 24.0 Å². The van der Waals surface area contributed by atoms with Crippen LogP contribution in [-0.2, 0) is 92.4 Å². The van der Waals surface area contributed by atoms with Gasteiger partial charge in [0.15, 0.2) is 0 Å². The van der Waals surface area contributed by atoms with Crippen LogP contribution in [0.2, 0.25) is 0 Å². The van der Waals surface area contributed by atoms with E-state index in [9.17, 15) is 72.5 Å². The topological polar surface area (TPSA) is 579 Å². The Balaban J connectivity index is 3.10. The quantitative estimate of drug-likeness (QED) is 0.0343. The van der Waals surface area contributed by atoms with Crippen molar-refractivity contribution in [3.8, 4) is 0 Å². The van der Waals surface area contributed by atoms with Crippen LogP contribution in [0, 0.1) is 0 Å². The van der Waals surface area contributed by atoms with E-state index in [0.717, 1.165) is 13.8 Å². The molecule has 41 nitrogen and oxygen atoms in total. The molecule has 678 valence electrons. The second kappa shape index (κ2) is 50.3. The summed E-state index contributed by atoms with van der Waals surface area (Å²) in [6.07, 6.45) is -12.6. The van der Waals surface area contributed by atoms with Crippen LogP contribution in [-0.4, -0.2) is 258 Å². The molecule has 1 fully saturated rings. The first kappa shape index (κ1) is 105. The lowest BCUT2D eigenvalue weighted by Crippen LogP contribution is -2.62. The lowest BCUT2D eigenvalue weighted by molar-refractivity contribution is -0.150. The molecule has 41 heteroatoms. The summed E-state index contributed by atoms with van der Waals surface area (Å²) in [6, 6.07) is -9.68. The molecule has 0 aliphatic carbocycles. The van der Waals surface area contributed by atoms with E-state index in [1.54, 1.807) is 148 Å². The van der Waals surface area contributed by atoms with Gasteiger partial charge in [-0.15, -0.1) is 0 Å². The van der Waals surface area contributed by atoms with Crippen LogP contribution in [0.5, 0.6) is 0 Å². The van der Waals surface area contributed by atoms with Crippen molar-refractivity contribution in [3.05, 3.63) is 35.9 Å². The highest BCUT2D eigenvalue weighted by molar-refractivity contribution is 5.99. The summed E-state index contributed by atoms with van der Waals surface area (Å²) in [5, 5.41) is 62.6. The first-order chi connectivity index (χ1) is 55.6. The molecule has 0 saturated carbocycles. The Kier molecular flexibility index (Phi) is 44.1. The van der Waals surface area contributed by atoms with Crippen molar-refractivity contribution in [3.63, 3.8) is 0 Å². The monoisotopic (exact) mass is 1700 g/mol. The predicted molar refractivity (Wildman–Crippen MR) is 435 cm³/mol. The number of aliphatic hydroxyl groups excluding tert-OH is 2. The van der Waals surface area contributed by atoms with Gasteiger partial charge < -0.3 is 124 Å². The summed E-state index contributed by atoms with van der Waals surface area (Å²) in [7, 11) is 0. The van der Waals surface area contributed by atoms with E-state index < -0.39 is 273 Å². The van der Waals surface area contributed by atoms with Crippen molar-refractivity contribution in [2.45, 2.75) is 322 Å². The molecule has 0 bridgehead atoms. The van der Waals surface area contributed by atoms with E-state index in [2.05, 4.69) is 85.1 Å². The van der Waals surface area contributed by atoms with Crippen LogP contribution in [0.3, 0.4) is 0 Å². The third kappa shape index (κ3) is 44.8. The number of nitrogens with one attached hydrogen (secondary N) is 16. The molecule has 1 aromatic carbocycles. The Hall–Kier alpha value is -10.9. The molecule has 0 spiro atoms. The number of ether oxygens (including phenoxy) is 6. The molecule has 0 aromatic heterocycles. The lowest BCUT2D eigenvalue weighted by Gasteiger charge is -2.29. The number of carbonyl (C=O) groups is 17. The number of aliphatic hydroxyl groups is 2. The minimum absolute atomic E-state index is 0.0477. The molecule has 1 aliphatic rings. The molecular weight excluding hydrogens is 1570 g/mol. The van der Waals surface area contributed by atoms with Crippen LogP contribution in [0.25, 0.3) is 0 Å². The van der Waals surface area contributed by atoms with Gasteiger partial charge in [-0.05, 0) is 182 Å². The molecule has 3 unspecified atom stereocenters. The smallest absolute Gasteiger partial charge is 0.407 e. The SMILES string of the molecule is CCCC(=O)OC(C)CC(=O)N[C@@H](CCNC(=O)OC(C)(C)C)C(=O)N[C@H](C(=O)N[C@@H](CCNC(=O)OC(C)(C)C)C(=O)N[C@H]1CCNC(=O)[C@H](C(C)O)NC(=O)[C@H](CCNC(=O)OC(C)(C)C)NC(=O)[C@H](CCNC(=O)OC(C)(C)C)NC(=O)[C@H](CCC)NC(=O)[C@@H](Cc2ccccc2)NC(=O)[C@H](CCNC(=O)OC(C)(C)C)NC1=O)C(C)O. The molecular formula is C79H132N16O25. The van der Waals surface area contributed by atoms with Gasteiger partial charge in [0.1, 0.15) is 94.5 Å². The van der Waals surface area contributed by atoms with Crippen molar-refractivity contribution in [1.29, 1.82) is 0 Å². The molecule has 1 aliphatic heterocycles. The zero-order valence-electron chi connectivity index (χ0n) is 72.9. The Bertz CT molecular complexity index is 3610. The van der Waals surface area contributed by atoms with Crippen molar-refractivity contribution < 1.29 is 120 Å². The average Bonchev–Trinajstić information content (AvgIpc) is 0.993. The summed E-state index contributed by atoms with van der Waals surface area (Å²) in [4.78, 5) is 240. The van der Waals surface area contributed by atoms with Gasteiger partial charge in [0.2, 0.25) is 65.0 Å². The van der Waals surface area contributed by atoms with Gasteiger partial charge >= 0.3 is 36.4 Å². The van der Waals surface area contributed by atoms with Crippen LogP contribution in [0.1, 0.15) is 215 Å². The molecule has 13 atom stereocenters. The highest BCUT2D eigenvalue weighted by Crippen LogP contribution is 2.16. The third-order valence-corrected chi connectivity index (χ3v) is 16.6. The number of rotatable bonds is 33. The maximum absolute atomic E-state index is 15.4. The van der Waals surface area contributed by atoms with Gasteiger partial charge in [-0.2, -0.15) is 0 Å². The average molecular weight is 1710 g/mol. The van der Waals surface area contributed by atoms with Crippen LogP contribution < -0.4 is 85.1 Å². The van der Waals surface area contributed by atoms with E-state index in [-0.39, 0.29) is 45.2 Å². The Morgan fingerprint density at radius 2 is 0.817 bits per heavy atom. The van der Waals surface area contributed by atoms with Crippen molar-refractivity contribution >= 4 is 101 Å². The minimum Gasteiger partial charge on any atom is -0.462 e. The van der Waals surface area contributed by atoms with E-state index in [1.807, 2.05) is 0 Å². The molecule has 1 saturated heterocycles. The number of hydrogen-bond acceptors (Lipinski definition) is 25. The number of hydrogen-bond donors (Lipinski definition) is 18. The highest BCUT2D eigenvalue weighted by Gasteiger charge is 2.39. The highest BCUT2D eigenvalue weighted by atomic mass is 16.6. The van der Waals surface area contributed by atoms with E-state index in [0.29, 0.717) is 12.0 Å². The molecule has 2 rings (SSSR count). The fraction of sp³-hybridized carbons (Fsp3) is 0.709. The zero-order chi connectivity index (χ0) is 91.2. The lowest BCUT2D eigenvalue weighted by atomic mass is 10.0.